The molecule has 4 nitrogen and oxygen atoms in total. The van der Waals surface area contributed by atoms with Crippen LogP contribution in [0.4, 0.5) is 0 Å². The Morgan fingerprint density at radius 1 is 0.875 bits per heavy atom. The van der Waals surface area contributed by atoms with Crippen LogP contribution in [0.5, 0.6) is 0 Å². The van der Waals surface area contributed by atoms with Gasteiger partial charge in [0.1, 0.15) is 0 Å². The minimum absolute atomic E-state index is 0.172. The Morgan fingerprint density at radius 3 is 1.44 bits per heavy atom. The highest BCUT2D eigenvalue weighted by molar-refractivity contribution is 7.85. The summed E-state index contributed by atoms with van der Waals surface area (Å²) in [7, 11) is 0. The number of hydrogen-bond donors (Lipinski definition) is 4. The largest absolute Gasteiger partial charge is 0.447 e. The van der Waals surface area contributed by atoms with Crippen molar-refractivity contribution in [2.45, 2.75) is 23.7 Å². The van der Waals surface area contributed by atoms with Gasteiger partial charge in [-0.05, 0) is 0 Å². The Hall–Kier alpha value is 0.340. The Bertz CT molecular complexity index is 212. The van der Waals surface area contributed by atoms with Gasteiger partial charge in [-0.1, -0.05) is 0 Å². The van der Waals surface area contributed by atoms with Gasteiger partial charge in [0.25, 0.3) is 0 Å². The Labute approximate surface area is 116 Å². The van der Waals surface area contributed by atoms with Gasteiger partial charge in [-0.25, -0.2) is 0 Å². The van der Waals surface area contributed by atoms with E-state index in [1.54, 1.807) is 0 Å². The number of thiol groups is 4. The van der Waals surface area contributed by atoms with Crippen LogP contribution in [0.25, 0.3) is 0 Å². The number of carbonyl (C=O) groups excluding carboxylic acids is 2. The molecule has 0 aliphatic carbocycles. The molecule has 0 radical (unpaired) electrons. The maximum Gasteiger partial charge on any atom is 0.307 e. The molecule has 0 spiro atoms. The van der Waals surface area contributed by atoms with E-state index in [1.807, 2.05) is 0 Å². The van der Waals surface area contributed by atoms with Crippen LogP contribution in [0.3, 0.4) is 0 Å². The standard InChI is InChI=1S/C8H14O4S4/c9-5(1-3-13)11-7(15)8(16)12-6(10)2-4-14/h7-8,13-16H,1-4H2. The minimum atomic E-state index is -0.889. The van der Waals surface area contributed by atoms with E-state index in [4.69, 9.17) is 9.47 Å². The van der Waals surface area contributed by atoms with E-state index >= 15 is 0 Å². The molecule has 0 aliphatic rings. The van der Waals surface area contributed by atoms with Crippen molar-refractivity contribution < 1.29 is 19.1 Å². The van der Waals surface area contributed by atoms with Crippen molar-refractivity contribution in [1.82, 2.24) is 0 Å². The molecule has 8 heteroatoms. The monoisotopic (exact) mass is 302 g/mol. The smallest absolute Gasteiger partial charge is 0.307 e. The molecule has 0 aliphatic heterocycles. The summed E-state index contributed by atoms with van der Waals surface area (Å²) in [5.41, 5.74) is -1.78. The van der Waals surface area contributed by atoms with Gasteiger partial charge in [-0.15, -0.1) is 25.3 Å². The molecule has 0 aromatic heterocycles. The summed E-state index contributed by atoms with van der Waals surface area (Å²) in [6, 6.07) is 0. The lowest BCUT2D eigenvalue weighted by molar-refractivity contribution is -0.155. The molecule has 0 rings (SSSR count). The van der Waals surface area contributed by atoms with Crippen molar-refractivity contribution in [3.05, 3.63) is 0 Å². The first kappa shape index (κ1) is 16.3. The fourth-order valence-corrected chi connectivity index (χ4v) is 1.41. The highest BCUT2D eigenvalue weighted by Crippen LogP contribution is 2.14. The van der Waals surface area contributed by atoms with Crippen LogP contribution in [0.2, 0.25) is 0 Å². The van der Waals surface area contributed by atoms with E-state index in [9.17, 15) is 9.59 Å². The van der Waals surface area contributed by atoms with Crippen LogP contribution in [0.15, 0.2) is 0 Å². The third kappa shape index (κ3) is 7.59. The number of hydrogen-bond acceptors (Lipinski definition) is 8. The van der Waals surface area contributed by atoms with Crippen LogP contribution in [0.1, 0.15) is 12.8 Å². The van der Waals surface area contributed by atoms with Gasteiger partial charge in [-0.2, -0.15) is 25.3 Å². The molecule has 0 saturated carbocycles. The molecule has 0 saturated heterocycles. The van der Waals surface area contributed by atoms with E-state index in [2.05, 4.69) is 50.5 Å². The molecular weight excluding hydrogens is 288 g/mol. The fourth-order valence-electron chi connectivity index (χ4n) is 0.686. The maximum absolute atomic E-state index is 11.1. The molecular formula is C8H14O4S4. The van der Waals surface area contributed by atoms with E-state index < -0.39 is 22.8 Å². The average Bonchev–Trinajstić information content (AvgIpc) is 2.17. The second-order valence-corrected chi connectivity index (χ2v) is 4.62. The summed E-state index contributed by atoms with van der Waals surface area (Å²) in [5, 5.41) is 0. The highest BCUT2D eigenvalue weighted by Gasteiger charge is 2.21. The number of esters is 2. The van der Waals surface area contributed by atoms with Crippen LogP contribution < -0.4 is 0 Å². The van der Waals surface area contributed by atoms with Gasteiger partial charge in [0.2, 0.25) is 0 Å². The zero-order valence-electron chi connectivity index (χ0n) is 8.40. The SMILES string of the molecule is O=C(CCS)OC(S)C(S)OC(=O)CCS. The number of rotatable bonds is 7. The molecule has 0 heterocycles. The molecule has 0 aromatic rings. The molecule has 0 fully saturated rings. The van der Waals surface area contributed by atoms with E-state index in [0.29, 0.717) is 11.5 Å². The topological polar surface area (TPSA) is 52.6 Å². The lowest BCUT2D eigenvalue weighted by Crippen LogP contribution is -2.27. The lowest BCUT2D eigenvalue weighted by Gasteiger charge is -2.18. The quantitative estimate of drug-likeness (QED) is 0.325. The van der Waals surface area contributed by atoms with Gasteiger partial charge in [-0.3, -0.25) is 9.59 Å². The summed E-state index contributed by atoms with van der Waals surface area (Å²) >= 11 is 15.7. The molecule has 0 aromatic carbocycles. The lowest BCUT2D eigenvalue weighted by atomic mass is 10.5. The summed E-state index contributed by atoms with van der Waals surface area (Å²) in [6.45, 7) is 0. The predicted octanol–water partition coefficient (Wildman–Crippen LogP) is 1.22. The second kappa shape index (κ2) is 9.38. The van der Waals surface area contributed by atoms with E-state index in [0.717, 1.165) is 0 Å². The van der Waals surface area contributed by atoms with Crippen molar-refractivity contribution in [3.63, 3.8) is 0 Å². The summed E-state index contributed by atoms with van der Waals surface area (Å²) in [6.07, 6.45) is 0.344. The van der Waals surface area contributed by atoms with Crippen LogP contribution >= 0.6 is 50.5 Å². The van der Waals surface area contributed by atoms with Crippen molar-refractivity contribution in [3.8, 4) is 0 Å². The zero-order chi connectivity index (χ0) is 12.6. The first-order valence-corrected chi connectivity index (χ1v) is 6.77. The maximum atomic E-state index is 11.1. The highest BCUT2D eigenvalue weighted by atomic mass is 32.1. The molecule has 2 atom stereocenters. The van der Waals surface area contributed by atoms with Crippen molar-refractivity contribution in [2.75, 3.05) is 11.5 Å². The molecule has 0 bridgehead atoms. The first-order chi connectivity index (χ1) is 7.51. The van der Waals surface area contributed by atoms with Gasteiger partial charge in [0.05, 0.1) is 12.8 Å². The molecule has 94 valence electrons. The van der Waals surface area contributed by atoms with E-state index in [-0.39, 0.29) is 12.8 Å². The van der Waals surface area contributed by atoms with Crippen LogP contribution in [-0.2, 0) is 19.1 Å². The van der Waals surface area contributed by atoms with Crippen molar-refractivity contribution in [1.29, 1.82) is 0 Å². The second-order valence-electron chi connectivity index (χ2n) is 2.71. The van der Waals surface area contributed by atoms with Crippen LogP contribution in [-0.4, -0.2) is 34.3 Å². The Balaban J connectivity index is 3.93. The zero-order valence-corrected chi connectivity index (χ0v) is 12.0. The predicted molar refractivity (Wildman–Crippen MR) is 74.7 cm³/mol. The van der Waals surface area contributed by atoms with Crippen molar-refractivity contribution >= 4 is 62.5 Å². The normalized spacial score (nSPS) is 14.0. The Morgan fingerprint density at radius 2 is 1.19 bits per heavy atom. The third-order valence-corrected chi connectivity index (χ3v) is 2.81. The number of ether oxygens (including phenoxy) is 2. The van der Waals surface area contributed by atoms with Crippen LogP contribution in [0, 0.1) is 0 Å². The van der Waals surface area contributed by atoms with Gasteiger partial charge in [0.15, 0.2) is 10.9 Å². The summed E-state index contributed by atoms with van der Waals surface area (Å²) < 4.78 is 9.67. The molecule has 2 unspecified atom stereocenters. The molecule has 16 heavy (non-hydrogen) atoms. The molecule has 0 N–H and O–H groups in total. The van der Waals surface area contributed by atoms with E-state index in [1.165, 1.54) is 0 Å². The average molecular weight is 302 g/mol. The van der Waals surface area contributed by atoms with Gasteiger partial charge >= 0.3 is 11.9 Å². The van der Waals surface area contributed by atoms with Gasteiger partial charge < -0.3 is 9.47 Å². The summed E-state index contributed by atoms with van der Waals surface area (Å²) in [4.78, 5) is 22.1. The molecule has 0 amide bonds. The number of carbonyl (C=O) groups is 2. The van der Waals surface area contributed by atoms with Gasteiger partial charge in [0, 0.05) is 11.5 Å². The van der Waals surface area contributed by atoms with Crippen molar-refractivity contribution in [2.24, 2.45) is 0 Å². The third-order valence-electron chi connectivity index (χ3n) is 1.38. The minimum Gasteiger partial charge on any atom is -0.447 e. The summed E-state index contributed by atoms with van der Waals surface area (Å²) in [5.74, 6) is -0.148. The first-order valence-electron chi connectivity index (χ1n) is 4.48. The Kier molecular flexibility index (Phi) is 9.58. The fraction of sp³-hybridized carbons (Fsp3) is 0.750.